The van der Waals surface area contributed by atoms with Crippen molar-refractivity contribution in [3.05, 3.63) is 89.2 Å². The summed E-state index contributed by atoms with van der Waals surface area (Å²) in [4.78, 5) is 34.1. The Morgan fingerprint density at radius 1 is 1.07 bits per heavy atom. The summed E-state index contributed by atoms with van der Waals surface area (Å²) in [6.45, 7) is 1.98. The molecule has 5 nitrogen and oxygen atoms in total. The van der Waals surface area contributed by atoms with Gasteiger partial charge in [0.2, 0.25) is 11.9 Å². The molecular formula is C24H23N3O2. The maximum absolute atomic E-state index is 12.8. The minimum atomic E-state index is -0.269. The highest BCUT2D eigenvalue weighted by Crippen LogP contribution is 2.32. The highest BCUT2D eigenvalue weighted by Gasteiger charge is 2.28. The van der Waals surface area contributed by atoms with Gasteiger partial charge < -0.3 is 0 Å². The molecule has 1 N–H and O–H groups in total. The molecule has 2 atom stereocenters. The van der Waals surface area contributed by atoms with Crippen molar-refractivity contribution in [1.82, 2.24) is 9.97 Å². The molecule has 1 aromatic heterocycles. The number of hydrogen-bond acceptors (Lipinski definition) is 4. The highest BCUT2D eigenvalue weighted by atomic mass is 16.2. The lowest BCUT2D eigenvalue weighted by Gasteiger charge is -2.23. The molecule has 1 heterocycles. The van der Waals surface area contributed by atoms with Crippen LogP contribution in [0.4, 0.5) is 5.95 Å². The third-order valence-corrected chi connectivity index (χ3v) is 5.47. The minimum Gasteiger partial charge on any atom is -0.294 e. The molecule has 0 saturated carbocycles. The van der Waals surface area contributed by atoms with Gasteiger partial charge in [-0.25, -0.2) is 9.97 Å². The van der Waals surface area contributed by atoms with Crippen LogP contribution in [-0.4, -0.2) is 21.7 Å². The first-order chi connectivity index (χ1) is 14.2. The zero-order valence-corrected chi connectivity index (χ0v) is 16.3. The first-order valence-corrected chi connectivity index (χ1v) is 9.95. The van der Waals surface area contributed by atoms with Crippen LogP contribution in [-0.2, 0) is 11.2 Å². The molecule has 2 unspecified atom stereocenters. The summed E-state index contributed by atoms with van der Waals surface area (Å²) in [5, 5.41) is 2.84. The van der Waals surface area contributed by atoms with Crippen molar-refractivity contribution in [2.45, 2.75) is 38.0 Å². The van der Waals surface area contributed by atoms with E-state index in [0.717, 1.165) is 11.1 Å². The third kappa shape index (κ3) is 4.09. The monoisotopic (exact) mass is 385 g/mol. The average molecular weight is 385 g/mol. The molecule has 0 aliphatic heterocycles. The first kappa shape index (κ1) is 19.0. The maximum Gasteiger partial charge on any atom is 0.234 e. The Morgan fingerprint density at radius 3 is 2.45 bits per heavy atom. The molecule has 2 aromatic carbocycles. The van der Waals surface area contributed by atoms with Gasteiger partial charge >= 0.3 is 0 Å². The molecule has 0 saturated heterocycles. The van der Waals surface area contributed by atoms with Gasteiger partial charge in [0.25, 0.3) is 0 Å². The van der Waals surface area contributed by atoms with Gasteiger partial charge in [-0.1, -0.05) is 67.6 Å². The van der Waals surface area contributed by atoms with Crippen LogP contribution in [0.3, 0.4) is 0 Å². The second kappa shape index (κ2) is 8.35. The molecule has 1 amide bonds. The Kier molecular flexibility index (Phi) is 5.47. The molecule has 29 heavy (non-hydrogen) atoms. The highest BCUT2D eigenvalue weighted by molar-refractivity contribution is 5.99. The van der Waals surface area contributed by atoms with Crippen LogP contribution < -0.4 is 5.32 Å². The number of nitrogens with zero attached hydrogens (tertiary/aromatic N) is 2. The van der Waals surface area contributed by atoms with E-state index in [0.29, 0.717) is 30.5 Å². The van der Waals surface area contributed by atoms with Crippen LogP contribution in [0.2, 0.25) is 0 Å². The topological polar surface area (TPSA) is 72.0 Å². The first-order valence-electron chi connectivity index (χ1n) is 9.95. The van der Waals surface area contributed by atoms with Crippen molar-refractivity contribution in [3.8, 4) is 0 Å². The lowest BCUT2D eigenvalue weighted by atomic mass is 9.82. The standard InChI is InChI=1S/C24H23N3O2/c1-2-19(17-11-7-4-8-12-17)23(29)27-24-25-15-20-21(26-24)13-18(14-22(20)28)16-9-5-3-6-10-16/h3-12,15,18-19H,2,13-14H2,1H3,(H,25,26,27,29). The Labute approximate surface area is 170 Å². The number of carbonyl (C=O) groups excluding carboxylic acids is 2. The molecule has 0 fully saturated rings. The number of hydrogen-bond donors (Lipinski definition) is 1. The van der Waals surface area contributed by atoms with Gasteiger partial charge in [0.15, 0.2) is 5.78 Å². The van der Waals surface area contributed by atoms with E-state index in [-0.39, 0.29) is 29.5 Å². The summed E-state index contributed by atoms with van der Waals surface area (Å²) < 4.78 is 0. The minimum absolute atomic E-state index is 0.0497. The summed E-state index contributed by atoms with van der Waals surface area (Å²) in [6, 6.07) is 19.7. The van der Waals surface area contributed by atoms with Crippen LogP contribution in [0, 0.1) is 0 Å². The SMILES string of the molecule is CCC(C(=O)Nc1ncc2c(n1)CC(c1ccccc1)CC2=O)c1ccccc1. The summed E-state index contributed by atoms with van der Waals surface area (Å²) >= 11 is 0. The van der Waals surface area contributed by atoms with Crippen LogP contribution in [0.1, 0.15) is 58.8 Å². The van der Waals surface area contributed by atoms with E-state index in [1.165, 1.54) is 0 Å². The number of benzene rings is 2. The smallest absolute Gasteiger partial charge is 0.234 e. The van der Waals surface area contributed by atoms with E-state index >= 15 is 0 Å². The Morgan fingerprint density at radius 2 is 1.76 bits per heavy atom. The van der Waals surface area contributed by atoms with Crippen LogP contribution in [0.15, 0.2) is 66.9 Å². The Bertz CT molecular complexity index is 1020. The lowest BCUT2D eigenvalue weighted by Crippen LogP contribution is -2.24. The van der Waals surface area contributed by atoms with Crippen molar-refractivity contribution in [1.29, 1.82) is 0 Å². The second-order valence-electron chi connectivity index (χ2n) is 7.35. The predicted molar refractivity (Wildman–Crippen MR) is 112 cm³/mol. The van der Waals surface area contributed by atoms with Gasteiger partial charge in [-0.2, -0.15) is 0 Å². The van der Waals surface area contributed by atoms with Crippen molar-refractivity contribution < 1.29 is 9.59 Å². The van der Waals surface area contributed by atoms with E-state index in [1.54, 1.807) is 6.20 Å². The van der Waals surface area contributed by atoms with Crippen molar-refractivity contribution in [2.75, 3.05) is 5.32 Å². The van der Waals surface area contributed by atoms with Crippen LogP contribution in [0.25, 0.3) is 0 Å². The quantitative estimate of drug-likeness (QED) is 0.701. The fraction of sp³-hybridized carbons (Fsp3) is 0.250. The zero-order chi connectivity index (χ0) is 20.2. The molecule has 146 valence electrons. The number of ketones is 1. The summed E-state index contributed by atoms with van der Waals surface area (Å²) in [7, 11) is 0. The molecule has 4 rings (SSSR count). The lowest BCUT2D eigenvalue weighted by molar-refractivity contribution is -0.117. The normalized spacial score (nSPS) is 16.7. The van der Waals surface area contributed by atoms with E-state index in [9.17, 15) is 9.59 Å². The van der Waals surface area contributed by atoms with E-state index in [2.05, 4.69) is 15.3 Å². The fourth-order valence-electron chi connectivity index (χ4n) is 3.92. The van der Waals surface area contributed by atoms with Crippen LogP contribution in [0.5, 0.6) is 0 Å². The number of Topliss-reactive ketones (excluding diaryl/α,β-unsaturated/α-hetero) is 1. The van der Waals surface area contributed by atoms with E-state index in [4.69, 9.17) is 0 Å². The summed E-state index contributed by atoms with van der Waals surface area (Å²) in [5.41, 5.74) is 3.36. The van der Waals surface area contributed by atoms with Gasteiger partial charge in [0.05, 0.1) is 17.2 Å². The van der Waals surface area contributed by atoms with Gasteiger partial charge in [-0.3, -0.25) is 14.9 Å². The summed E-state index contributed by atoms with van der Waals surface area (Å²) in [6.07, 6.45) is 3.34. The summed E-state index contributed by atoms with van der Waals surface area (Å²) in [5.74, 6) is -0.00405. The van der Waals surface area contributed by atoms with Gasteiger partial charge in [-0.15, -0.1) is 0 Å². The molecule has 1 aliphatic carbocycles. The second-order valence-corrected chi connectivity index (χ2v) is 7.35. The van der Waals surface area contributed by atoms with Crippen molar-refractivity contribution in [2.24, 2.45) is 0 Å². The van der Waals surface area contributed by atoms with Crippen molar-refractivity contribution in [3.63, 3.8) is 0 Å². The molecule has 0 radical (unpaired) electrons. The number of nitrogens with one attached hydrogen (secondary N) is 1. The van der Waals surface area contributed by atoms with Crippen molar-refractivity contribution >= 4 is 17.6 Å². The van der Waals surface area contributed by atoms with Gasteiger partial charge in [-0.05, 0) is 29.9 Å². The van der Waals surface area contributed by atoms with Crippen LogP contribution >= 0.6 is 0 Å². The number of carbonyl (C=O) groups is 2. The van der Waals surface area contributed by atoms with Gasteiger partial charge in [0.1, 0.15) is 0 Å². The van der Waals surface area contributed by atoms with E-state index in [1.807, 2.05) is 67.6 Å². The maximum atomic E-state index is 12.8. The molecule has 5 heteroatoms. The Hall–Kier alpha value is -3.34. The Balaban J connectivity index is 1.55. The third-order valence-electron chi connectivity index (χ3n) is 5.47. The zero-order valence-electron chi connectivity index (χ0n) is 16.3. The molecule has 3 aromatic rings. The molecule has 0 spiro atoms. The number of aromatic nitrogens is 2. The van der Waals surface area contributed by atoms with Gasteiger partial charge in [0, 0.05) is 12.6 Å². The predicted octanol–water partition coefficient (Wildman–Crippen LogP) is 4.52. The van der Waals surface area contributed by atoms with E-state index < -0.39 is 0 Å². The average Bonchev–Trinajstić information content (AvgIpc) is 2.75. The number of amides is 1. The number of fused-ring (bicyclic) bond motifs is 1. The molecular weight excluding hydrogens is 362 g/mol. The largest absolute Gasteiger partial charge is 0.294 e. The molecule has 0 bridgehead atoms. The number of anilines is 1. The molecule has 1 aliphatic rings. The fourth-order valence-corrected chi connectivity index (χ4v) is 3.92. The number of rotatable bonds is 5.